The molecule has 0 aliphatic carbocycles. The van der Waals surface area contributed by atoms with Crippen molar-refractivity contribution in [3.63, 3.8) is 0 Å². The van der Waals surface area contributed by atoms with E-state index in [4.69, 9.17) is 5.73 Å². The Bertz CT molecular complexity index is 447. The molecule has 0 aliphatic heterocycles. The molecule has 2 aromatic heterocycles. The second-order valence-electron chi connectivity index (χ2n) is 4.36. The fourth-order valence-corrected chi connectivity index (χ4v) is 2.11. The van der Waals surface area contributed by atoms with Gasteiger partial charge in [0.2, 0.25) is 0 Å². The van der Waals surface area contributed by atoms with Crippen LogP contribution in [0.1, 0.15) is 31.6 Å². The van der Waals surface area contributed by atoms with Crippen LogP contribution in [0.2, 0.25) is 0 Å². The molecule has 0 fully saturated rings. The molecule has 2 rings (SSSR count). The minimum absolute atomic E-state index is 0.0879. The first-order valence-electron chi connectivity index (χ1n) is 6.08. The van der Waals surface area contributed by atoms with Gasteiger partial charge >= 0.3 is 0 Å². The van der Waals surface area contributed by atoms with Gasteiger partial charge in [0.15, 0.2) is 0 Å². The first-order valence-corrected chi connectivity index (χ1v) is 6.08. The van der Waals surface area contributed by atoms with Gasteiger partial charge in [-0.2, -0.15) is 0 Å². The SMILES string of the molecule is CCCC(CN)C(O)c1cn2ccccc2n1. The highest BCUT2D eigenvalue weighted by molar-refractivity contribution is 5.39. The van der Waals surface area contributed by atoms with Crippen molar-refractivity contribution >= 4 is 5.65 Å². The summed E-state index contributed by atoms with van der Waals surface area (Å²) in [7, 11) is 0. The number of hydrogen-bond donors (Lipinski definition) is 2. The number of aromatic nitrogens is 2. The number of nitrogens with zero attached hydrogens (tertiary/aromatic N) is 2. The number of aliphatic hydroxyl groups is 1. The monoisotopic (exact) mass is 233 g/mol. The molecule has 0 radical (unpaired) electrons. The third kappa shape index (κ3) is 2.48. The normalized spacial score (nSPS) is 15.0. The van der Waals surface area contributed by atoms with Crippen LogP contribution >= 0.6 is 0 Å². The standard InChI is InChI=1S/C13H19N3O/c1-2-5-10(8-14)13(17)11-9-16-7-4-3-6-12(16)15-11/h3-4,6-7,9-10,13,17H,2,5,8,14H2,1H3. The lowest BCUT2D eigenvalue weighted by atomic mass is 9.95. The van der Waals surface area contributed by atoms with E-state index in [0.29, 0.717) is 12.2 Å². The molecule has 2 aromatic rings. The van der Waals surface area contributed by atoms with E-state index in [1.165, 1.54) is 0 Å². The minimum atomic E-state index is -0.570. The molecule has 0 saturated carbocycles. The molecule has 2 heterocycles. The predicted molar refractivity (Wildman–Crippen MR) is 67.6 cm³/mol. The van der Waals surface area contributed by atoms with Gasteiger partial charge in [-0.3, -0.25) is 0 Å². The van der Waals surface area contributed by atoms with Gasteiger partial charge in [0.05, 0.1) is 5.69 Å². The summed E-state index contributed by atoms with van der Waals surface area (Å²) in [6.45, 7) is 2.59. The lowest BCUT2D eigenvalue weighted by Crippen LogP contribution is -2.22. The quantitative estimate of drug-likeness (QED) is 0.827. The Morgan fingerprint density at radius 1 is 1.47 bits per heavy atom. The van der Waals surface area contributed by atoms with Gasteiger partial charge in [-0.25, -0.2) is 4.98 Å². The fraction of sp³-hybridized carbons (Fsp3) is 0.462. The van der Waals surface area contributed by atoms with Crippen LogP contribution in [0.4, 0.5) is 0 Å². The smallest absolute Gasteiger partial charge is 0.137 e. The maximum absolute atomic E-state index is 10.3. The average molecular weight is 233 g/mol. The molecular weight excluding hydrogens is 214 g/mol. The molecule has 3 N–H and O–H groups in total. The number of imidazole rings is 1. The lowest BCUT2D eigenvalue weighted by Gasteiger charge is -2.18. The molecule has 0 aromatic carbocycles. The Morgan fingerprint density at radius 3 is 2.94 bits per heavy atom. The van der Waals surface area contributed by atoms with Crippen LogP contribution < -0.4 is 5.73 Å². The predicted octanol–water partition coefficient (Wildman–Crippen LogP) is 1.74. The zero-order valence-corrected chi connectivity index (χ0v) is 10.1. The molecule has 0 aliphatic rings. The van der Waals surface area contributed by atoms with Crippen LogP contribution in [-0.4, -0.2) is 21.0 Å². The molecule has 92 valence electrons. The molecule has 4 heteroatoms. The fourth-order valence-electron chi connectivity index (χ4n) is 2.11. The summed E-state index contributed by atoms with van der Waals surface area (Å²) in [5, 5.41) is 10.3. The van der Waals surface area contributed by atoms with Crippen molar-refractivity contribution < 1.29 is 5.11 Å². The summed E-state index contributed by atoms with van der Waals surface area (Å²) in [5.41, 5.74) is 7.26. The van der Waals surface area contributed by atoms with Crippen molar-refractivity contribution in [3.8, 4) is 0 Å². The summed E-state index contributed by atoms with van der Waals surface area (Å²) < 4.78 is 1.91. The van der Waals surface area contributed by atoms with Crippen LogP contribution in [0.3, 0.4) is 0 Å². The minimum Gasteiger partial charge on any atom is -0.386 e. The molecule has 0 amide bonds. The molecule has 4 nitrogen and oxygen atoms in total. The lowest BCUT2D eigenvalue weighted by molar-refractivity contribution is 0.103. The van der Waals surface area contributed by atoms with Gasteiger partial charge in [-0.15, -0.1) is 0 Å². The van der Waals surface area contributed by atoms with E-state index in [0.717, 1.165) is 18.5 Å². The molecule has 17 heavy (non-hydrogen) atoms. The Balaban J connectivity index is 2.25. The largest absolute Gasteiger partial charge is 0.386 e. The van der Waals surface area contributed by atoms with Gasteiger partial charge in [-0.05, 0) is 25.1 Å². The van der Waals surface area contributed by atoms with E-state index in [-0.39, 0.29) is 5.92 Å². The number of fused-ring (bicyclic) bond motifs is 1. The Morgan fingerprint density at radius 2 is 2.29 bits per heavy atom. The molecular formula is C13H19N3O. The molecule has 2 atom stereocenters. The van der Waals surface area contributed by atoms with Crippen LogP contribution in [0.5, 0.6) is 0 Å². The summed E-state index contributed by atoms with van der Waals surface area (Å²) in [6, 6.07) is 5.80. The number of aliphatic hydroxyl groups excluding tert-OH is 1. The Labute approximate surface area is 101 Å². The maximum atomic E-state index is 10.3. The van der Waals surface area contributed by atoms with E-state index in [1.807, 2.05) is 35.0 Å². The number of pyridine rings is 1. The van der Waals surface area contributed by atoms with Crippen molar-refractivity contribution in [2.75, 3.05) is 6.54 Å². The van der Waals surface area contributed by atoms with Crippen LogP contribution in [0.15, 0.2) is 30.6 Å². The summed E-state index contributed by atoms with van der Waals surface area (Å²) in [5.74, 6) is 0.0879. The first-order chi connectivity index (χ1) is 8.26. The third-order valence-corrected chi connectivity index (χ3v) is 3.09. The zero-order valence-electron chi connectivity index (χ0n) is 10.1. The number of hydrogen-bond acceptors (Lipinski definition) is 3. The van der Waals surface area contributed by atoms with Crippen molar-refractivity contribution in [3.05, 3.63) is 36.3 Å². The maximum Gasteiger partial charge on any atom is 0.137 e. The Hall–Kier alpha value is -1.39. The van der Waals surface area contributed by atoms with Gasteiger partial charge < -0.3 is 15.2 Å². The van der Waals surface area contributed by atoms with E-state index < -0.39 is 6.10 Å². The van der Waals surface area contributed by atoms with Crippen molar-refractivity contribution in [2.24, 2.45) is 11.7 Å². The van der Waals surface area contributed by atoms with Crippen molar-refractivity contribution in [1.82, 2.24) is 9.38 Å². The average Bonchev–Trinajstić information content (AvgIpc) is 2.78. The van der Waals surface area contributed by atoms with Crippen molar-refractivity contribution in [2.45, 2.75) is 25.9 Å². The second-order valence-corrected chi connectivity index (χ2v) is 4.36. The highest BCUT2D eigenvalue weighted by atomic mass is 16.3. The van der Waals surface area contributed by atoms with Gasteiger partial charge in [0, 0.05) is 18.3 Å². The number of nitrogens with two attached hydrogens (primary N) is 1. The van der Waals surface area contributed by atoms with E-state index in [2.05, 4.69) is 11.9 Å². The van der Waals surface area contributed by atoms with Crippen molar-refractivity contribution in [1.29, 1.82) is 0 Å². The molecule has 0 spiro atoms. The third-order valence-electron chi connectivity index (χ3n) is 3.09. The summed E-state index contributed by atoms with van der Waals surface area (Å²) >= 11 is 0. The zero-order chi connectivity index (χ0) is 12.3. The first kappa shape index (κ1) is 12.1. The van der Waals surface area contributed by atoms with E-state index >= 15 is 0 Å². The van der Waals surface area contributed by atoms with Gasteiger partial charge in [0.25, 0.3) is 0 Å². The molecule has 2 unspecified atom stereocenters. The van der Waals surface area contributed by atoms with E-state index in [9.17, 15) is 5.11 Å². The van der Waals surface area contributed by atoms with Gasteiger partial charge in [-0.1, -0.05) is 19.4 Å². The highest BCUT2D eigenvalue weighted by Gasteiger charge is 2.21. The van der Waals surface area contributed by atoms with Crippen LogP contribution in [0, 0.1) is 5.92 Å². The topological polar surface area (TPSA) is 63.5 Å². The molecule has 0 saturated heterocycles. The van der Waals surface area contributed by atoms with Crippen LogP contribution in [-0.2, 0) is 0 Å². The van der Waals surface area contributed by atoms with E-state index in [1.54, 1.807) is 0 Å². The van der Waals surface area contributed by atoms with Crippen LogP contribution in [0.25, 0.3) is 5.65 Å². The van der Waals surface area contributed by atoms with Gasteiger partial charge in [0.1, 0.15) is 11.8 Å². The number of rotatable bonds is 5. The Kier molecular flexibility index (Phi) is 3.76. The molecule has 0 bridgehead atoms. The summed E-state index contributed by atoms with van der Waals surface area (Å²) in [4.78, 5) is 4.42. The highest BCUT2D eigenvalue weighted by Crippen LogP contribution is 2.24. The second kappa shape index (κ2) is 5.29. The summed E-state index contributed by atoms with van der Waals surface area (Å²) in [6.07, 6.45) is 5.17.